The summed E-state index contributed by atoms with van der Waals surface area (Å²) in [6.45, 7) is 4.20. The highest BCUT2D eigenvalue weighted by Crippen LogP contribution is 2.24. The van der Waals surface area contributed by atoms with Crippen LogP contribution in [-0.2, 0) is 6.61 Å². The zero-order valence-corrected chi connectivity index (χ0v) is 13.0. The Morgan fingerprint density at radius 2 is 2.00 bits per heavy atom. The Kier molecular flexibility index (Phi) is 4.79. The van der Waals surface area contributed by atoms with E-state index < -0.39 is 0 Å². The van der Waals surface area contributed by atoms with Gasteiger partial charge in [-0.3, -0.25) is 0 Å². The molecule has 2 rings (SSSR count). The summed E-state index contributed by atoms with van der Waals surface area (Å²) in [4.78, 5) is 0. The molecule has 0 saturated carbocycles. The fraction of sp³-hybridized carbons (Fsp3) is 0.188. The van der Waals surface area contributed by atoms with E-state index in [0.29, 0.717) is 12.3 Å². The molecule has 0 aliphatic heterocycles. The zero-order valence-electron chi connectivity index (χ0n) is 11.4. The van der Waals surface area contributed by atoms with Gasteiger partial charge < -0.3 is 9.94 Å². The molecule has 0 bridgehead atoms. The van der Waals surface area contributed by atoms with E-state index >= 15 is 0 Å². The first-order valence-corrected chi connectivity index (χ1v) is 7.07. The summed E-state index contributed by atoms with van der Waals surface area (Å²) in [5.74, 6) is 0.719. The number of ether oxygens (including phenoxy) is 1. The Labute approximate surface area is 127 Å². The molecule has 0 radical (unpaired) electrons. The van der Waals surface area contributed by atoms with E-state index in [-0.39, 0.29) is 0 Å². The molecule has 20 heavy (non-hydrogen) atoms. The predicted molar refractivity (Wildman–Crippen MR) is 83.7 cm³/mol. The Morgan fingerprint density at radius 3 is 2.70 bits per heavy atom. The second-order valence-corrected chi connectivity index (χ2v) is 5.42. The Balaban J connectivity index is 2.25. The van der Waals surface area contributed by atoms with Crippen LogP contribution in [0.5, 0.6) is 5.75 Å². The highest BCUT2D eigenvalue weighted by atomic mass is 79.9. The Morgan fingerprint density at radius 1 is 1.25 bits per heavy atom. The monoisotopic (exact) mass is 333 g/mol. The van der Waals surface area contributed by atoms with Crippen LogP contribution >= 0.6 is 15.9 Å². The average Bonchev–Trinajstić information content (AvgIpc) is 2.46. The van der Waals surface area contributed by atoms with Crippen LogP contribution in [0.25, 0.3) is 0 Å². The minimum atomic E-state index is 0.455. The van der Waals surface area contributed by atoms with Crippen LogP contribution in [0.2, 0.25) is 0 Å². The van der Waals surface area contributed by atoms with Gasteiger partial charge in [0.2, 0.25) is 0 Å². The van der Waals surface area contributed by atoms with Crippen molar-refractivity contribution in [2.45, 2.75) is 20.5 Å². The van der Waals surface area contributed by atoms with Crippen molar-refractivity contribution in [3.05, 3.63) is 63.6 Å². The second-order valence-electron chi connectivity index (χ2n) is 4.57. The molecule has 0 saturated heterocycles. The van der Waals surface area contributed by atoms with Crippen molar-refractivity contribution in [3.63, 3.8) is 0 Å². The normalized spacial score (nSPS) is 11.4. The van der Waals surface area contributed by atoms with Gasteiger partial charge in [-0.1, -0.05) is 45.4 Å². The van der Waals surface area contributed by atoms with Crippen LogP contribution in [0.4, 0.5) is 0 Å². The van der Waals surface area contributed by atoms with Gasteiger partial charge in [0, 0.05) is 15.6 Å². The number of rotatable bonds is 4. The highest BCUT2D eigenvalue weighted by Gasteiger charge is 2.09. The van der Waals surface area contributed by atoms with Crippen molar-refractivity contribution >= 4 is 21.6 Å². The highest BCUT2D eigenvalue weighted by molar-refractivity contribution is 9.10. The number of hydrogen-bond donors (Lipinski definition) is 1. The summed E-state index contributed by atoms with van der Waals surface area (Å²) in [5.41, 5.74) is 3.50. The van der Waals surface area contributed by atoms with Gasteiger partial charge in [-0.15, -0.1) is 0 Å². The summed E-state index contributed by atoms with van der Waals surface area (Å²) < 4.78 is 6.90. The molecule has 0 spiro atoms. The average molecular weight is 334 g/mol. The van der Waals surface area contributed by atoms with Crippen LogP contribution in [0.3, 0.4) is 0 Å². The van der Waals surface area contributed by atoms with E-state index in [4.69, 9.17) is 9.94 Å². The van der Waals surface area contributed by atoms with Crippen LogP contribution in [-0.4, -0.2) is 10.9 Å². The van der Waals surface area contributed by atoms with Crippen LogP contribution in [0, 0.1) is 6.92 Å². The lowest BCUT2D eigenvalue weighted by Gasteiger charge is -2.12. The molecule has 4 heteroatoms. The molecule has 0 fully saturated rings. The lowest BCUT2D eigenvalue weighted by molar-refractivity contribution is 0.302. The molecule has 0 atom stereocenters. The van der Waals surface area contributed by atoms with Gasteiger partial charge in [-0.05, 0) is 37.6 Å². The summed E-state index contributed by atoms with van der Waals surface area (Å²) in [5, 5.41) is 12.2. The molecular weight excluding hydrogens is 318 g/mol. The van der Waals surface area contributed by atoms with Crippen molar-refractivity contribution in [2.24, 2.45) is 5.16 Å². The quantitative estimate of drug-likeness (QED) is 0.507. The minimum Gasteiger partial charge on any atom is -0.488 e. The van der Waals surface area contributed by atoms with Crippen molar-refractivity contribution in [3.8, 4) is 5.75 Å². The third-order valence-corrected chi connectivity index (χ3v) is 3.79. The van der Waals surface area contributed by atoms with Gasteiger partial charge in [0.15, 0.2) is 0 Å². The maximum absolute atomic E-state index is 8.94. The topological polar surface area (TPSA) is 41.8 Å². The molecule has 0 amide bonds. The van der Waals surface area contributed by atoms with E-state index in [0.717, 1.165) is 26.9 Å². The zero-order chi connectivity index (χ0) is 14.5. The fourth-order valence-corrected chi connectivity index (χ4v) is 2.27. The van der Waals surface area contributed by atoms with Gasteiger partial charge in [0.25, 0.3) is 0 Å². The first-order valence-electron chi connectivity index (χ1n) is 6.27. The maximum Gasteiger partial charge on any atom is 0.129 e. The van der Waals surface area contributed by atoms with Crippen LogP contribution in [0.15, 0.2) is 52.1 Å². The summed E-state index contributed by atoms with van der Waals surface area (Å²) in [7, 11) is 0. The van der Waals surface area contributed by atoms with Gasteiger partial charge in [-0.2, -0.15) is 0 Å². The number of benzene rings is 2. The van der Waals surface area contributed by atoms with Gasteiger partial charge in [-0.25, -0.2) is 0 Å². The predicted octanol–water partition coefficient (Wildman–Crippen LogP) is 4.53. The number of oxime groups is 1. The summed E-state index contributed by atoms with van der Waals surface area (Å²) in [6, 6.07) is 13.7. The SMILES string of the molecule is CC(=NO)c1ccc(C)cc1OCc1ccccc1Br. The lowest BCUT2D eigenvalue weighted by atomic mass is 10.1. The van der Waals surface area contributed by atoms with Crippen LogP contribution in [0.1, 0.15) is 23.6 Å². The van der Waals surface area contributed by atoms with Gasteiger partial charge in [0.05, 0.1) is 5.71 Å². The molecule has 3 nitrogen and oxygen atoms in total. The summed E-state index contributed by atoms with van der Waals surface area (Å²) >= 11 is 3.50. The van der Waals surface area contributed by atoms with Crippen molar-refractivity contribution < 1.29 is 9.94 Å². The number of hydrogen-bond acceptors (Lipinski definition) is 3. The van der Waals surface area contributed by atoms with Crippen molar-refractivity contribution in [2.75, 3.05) is 0 Å². The van der Waals surface area contributed by atoms with E-state index in [1.54, 1.807) is 6.92 Å². The smallest absolute Gasteiger partial charge is 0.129 e. The second kappa shape index (κ2) is 6.57. The summed E-state index contributed by atoms with van der Waals surface area (Å²) in [6.07, 6.45) is 0. The first-order chi connectivity index (χ1) is 9.61. The molecular formula is C16H16BrNO2. The molecule has 0 aromatic heterocycles. The third kappa shape index (κ3) is 3.39. The molecule has 0 aliphatic rings. The largest absolute Gasteiger partial charge is 0.488 e. The third-order valence-electron chi connectivity index (χ3n) is 3.02. The van der Waals surface area contributed by atoms with Crippen molar-refractivity contribution in [1.82, 2.24) is 0 Å². The molecule has 0 aliphatic carbocycles. The fourth-order valence-electron chi connectivity index (χ4n) is 1.87. The standard InChI is InChI=1S/C16H16BrNO2/c1-11-7-8-14(12(2)18-19)16(9-11)20-10-13-5-3-4-6-15(13)17/h3-9,19H,10H2,1-2H3. The number of halogens is 1. The van der Waals surface area contributed by atoms with E-state index in [1.165, 1.54) is 0 Å². The molecule has 2 aromatic rings. The molecule has 0 heterocycles. The molecule has 2 aromatic carbocycles. The van der Waals surface area contributed by atoms with Crippen LogP contribution < -0.4 is 4.74 Å². The van der Waals surface area contributed by atoms with E-state index in [2.05, 4.69) is 21.1 Å². The molecule has 104 valence electrons. The number of nitrogens with zero attached hydrogens (tertiary/aromatic N) is 1. The van der Waals surface area contributed by atoms with E-state index in [1.807, 2.05) is 49.4 Å². The Bertz CT molecular complexity index is 638. The van der Waals surface area contributed by atoms with Gasteiger partial charge >= 0.3 is 0 Å². The van der Waals surface area contributed by atoms with E-state index in [9.17, 15) is 0 Å². The molecule has 0 unspecified atom stereocenters. The maximum atomic E-state index is 8.94. The lowest BCUT2D eigenvalue weighted by Crippen LogP contribution is -2.03. The number of aryl methyl sites for hydroxylation is 1. The van der Waals surface area contributed by atoms with Crippen molar-refractivity contribution in [1.29, 1.82) is 0 Å². The first kappa shape index (κ1) is 14.6. The molecule has 1 N–H and O–H groups in total. The van der Waals surface area contributed by atoms with Gasteiger partial charge in [0.1, 0.15) is 12.4 Å². The minimum absolute atomic E-state index is 0.455. The Hall–Kier alpha value is -1.81.